The molecule has 0 bridgehead atoms. The first kappa shape index (κ1) is 34.0. The largest absolute Gasteiger partial charge is 0.497 e. The number of ether oxygens (including phenoxy) is 6. The lowest BCUT2D eigenvalue weighted by molar-refractivity contribution is -0.137. The van der Waals surface area contributed by atoms with E-state index in [4.69, 9.17) is 28.4 Å². The molecular weight excluding hydrogens is 604 g/mol. The van der Waals surface area contributed by atoms with Crippen molar-refractivity contribution >= 4 is 23.9 Å². The minimum atomic E-state index is -0.615. The number of benzene rings is 4. The van der Waals surface area contributed by atoms with E-state index in [1.54, 1.807) is 48.5 Å². The molecule has 0 aliphatic rings. The smallest absolute Gasteiger partial charge is 0.343 e. The van der Waals surface area contributed by atoms with Gasteiger partial charge in [0.05, 0.1) is 37.0 Å². The van der Waals surface area contributed by atoms with Crippen LogP contribution in [-0.4, -0.2) is 44.2 Å². The maximum Gasteiger partial charge on any atom is 0.343 e. The SMILES string of the molecule is C=CC(=O)OCCCCCCOc1ccc(C(=O)Oc2ccc(C(=O)Oc3ccc(OC(=O)c4ccc(OC)cc4)cc3)cc2)cc1. The molecule has 4 aromatic carbocycles. The molecule has 0 heterocycles. The standard InChI is InChI=1S/C37H34O10/c1-3-34(38)44-25-7-5-4-6-24-43-30-16-10-27(11-17-30)36(40)45-31-18-12-28(13-19-31)37(41)47-33-22-20-32(21-23-33)46-35(39)26-8-14-29(42-2)15-9-26/h3,8-23H,1,4-7,24-25H2,2H3. The number of esters is 4. The molecular formula is C37H34O10. The van der Waals surface area contributed by atoms with Crippen LogP contribution in [-0.2, 0) is 9.53 Å². The molecule has 0 fully saturated rings. The molecule has 0 radical (unpaired) electrons. The summed E-state index contributed by atoms with van der Waals surface area (Å²) < 4.78 is 32.0. The topological polar surface area (TPSA) is 124 Å². The fourth-order valence-electron chi connectivity index (χ4n) is 4.13. The van der Waals surface area contributed by atoms with Crippen molar-refractivity contribution in [2.75, 3.05) is 20.3 Å². The van der Waals surface area contributed by atoms with Crippen molar-refractivity contribution in [1.82, 2.24) is 0 Å². The van der Waals surface area contributed by atoms with Gasteiger partial charge in [0.1, 0.15) is 28.7 Å². The maximum absolute atomic E-state index is 12.6. The Hall–Kier alpha value is -5.90. The zero-order chi connectivity index (χ0) is 33.4. The van der Waals surface area contributed by atoms with E-state index < -0.39 is 23.9 Å². The molecule has 0 aromatic heterocycles. The van der Waals surface area contributed by atoms with Crippen LogP contribution in [0, 0.1) is 0 Å². The molecule has 4 rings (SSSR count). The van der Waals surface area contributed by atoms with Crippen LogP contribution >= 0.6 is 0 Å². The number of hydrogen-bond acceptors (Lipinski definition) is 10. The van der Waals surface area contributed by atoms with Crippen molar-refractivity contribution in [3.63, 3.8) is 0 Å². The van der Waals surface area contributed by atoms with Gasteiger partial charge in [0.2, 0.25) is 0 Å². The Morgan fingerprint density at radius 3 is 1.28 bits per heavy atom. The number of rotatable bonds is 16. The summed E-state index contributed by atoms with van der Waals surface area (Å²) in [5, 5.41) is 0. The van der Waals surface area contributed by atoms with E-state index >= 15 is 0 Å². The van der Waals surface area contributed by atoms with E-state index in [1.807, 2.05) is 0 Å². The second kappa shape index (κ2) is 17.6. The zero-order valence-electron chi connectivity index (χ0n) is 25.8. The van der Waals surface area contributed by atoms with Crippen LogP contribution < -0.4 is 23.7 Å². The Kier molecular flexibility index (Phi) is 12.7. The summed E-state index contributed by atoms with van der Waals surface area (Å²) in [7, 11) is 1.54. The predicted octanol–water partition coefficient (Wildman–Crippen LogP) is 7.02. The molecule has 0 aliphatic heterocycles. The zero-order valence-corrected chi connectivity index (χ0v) is 25.8. The van der Waals surface area contributed by atoms with Crippen molar-refractivity contribution < 1.29 is 47.6 Å². The average molecular weight is 639 g/mol. The van der Waals surface area contributed by atoms with Gasteiger partial charge < -0.3 is 28.4 Å². The lowest BCUT2D eigenvalue weighted by atomic mass is 10.2. The molecule has 0 atom stereocenters. The molecule has 0 saturated heterocycles. The lowest BCUT2D eigenvalue weighted by Gasteiger charge is -2.09. The summed E-state index contributed by atoms with van der Waals surface area (Å²) in [5.41, 5.74) is 0.950. The maximum atomic E-state index is 12.6. The minimum Gasteiger partial charge on any atom is -0.497 e. The third kappa shape index (κ3) is 10.9. The normalized spacial score (nSPS) is 10.3. The van der Waals surface area contributed by atoms with Crippen LogP contribution in [0.3, 0.4) is 0 Å². The number of carbonyl (C=O) groups is 4. The second-order valence-electron chi connectivity index (χ2n) is 10.1. The fraction of sp³-hybridized carbons (Fsp3) is 0.189. The van der Waals surface area contributed by atoms with Gasteiger partial charge in [-0.2, -0.15) is 0 Å². The van der Waals surface area contributed by atoms with Crippen LogP contribution in [0.1, 0.15) is 56.8 Å². The minimum absolute atomic E-state index is 0.248. The summed E-state index contributed by atoms with van der Waals surface area (Å²) in [4.78, 5) is 48.6. The number of hydrogen-bond donors (Lipinski definition) is 0. The summed E-state index contributed by atoms with van der Waals surface area (Å²) in [6, 6.07) is 25.2. The van der Waals surface area contributed by atoms with E-state index in [1.165, 1.54) is 55.6 Å². The quantitative estimate of drug-likeness (QED) is 0.0547. The van der Waals surface area contributed by atoms with Gasteiger partial charge in [-0.25, -0.2) is 19.2 Å². The highest BCUT2D eigenvalue weighted by Gasteiger charge is 2.13. The van der Waals surface area contributed by atoms with Crippen LogP contribution in [0.25, 0.3) is 0 Å². The Bertz CT molecular complexity index is 1640. The first-order chi connectivity index (χ1) is 22.8. The van der Waals surface area contributed by atoms with Crippen molar-refractivity contribution in [2.45, 2.75) is 25.7 Å². The highest BCUT2D eigenvalue weighted by Crippen LogP contribution is 2.22. The van der Waals surface area contributed by atoms with Gasteiger partial charge in [-0.3, -0.25) is 0 Å². The van der Waals surface area contributed by atoms with E-state index in [9.17, 15) is 19.2 Å². The van der Waals surface area contributed by atoms with Gasteiger partial charge >= 0.3 is 23.9 Å². The Morgan fingerprint density at radius 1 is 0.511 bits per heavy atom. The van der Waals surface area contributed by atoms with Crippen molar-refractivity contribution in [3.8, 4) is 28.7 Å². The molecule has 0 spiro atoms. The number of methoxy groups -OCH3 is 1. The Labute approximate surface area is 272 Å². The van der Waals surface area contributed by atoms with Crippen molar-refractivity contribution in [1.29, 1.82) is 0 Å². The number of unbranched alkanes of at least 4 members (excludes halogenated alkanes) is 3. The van der Waals surface area contributed by atoms with Crippen LogP contribution in [0.4, 0.5) is 0 Å². The van der Waals surface area contributed by atoms with Crippen molar-refractivity contribution in [3.05, 3.63) is 126 Å². The average Bonchev–Trinajstić information content (AvgIpc) is 3.10. The van der Waals surface area contributed by atoms with Crippen LogP contribution in [0.2, 0.25) is 0 Å². The second-order valence-corrected chi connectivity index (χ2v) is 10.1. The molecule has 0 amide bonds. The summed E-state index contributed by atoms with van der Waals surface area (Å²) in [6.07, 6.45) is 4.63. The Morgan fingerprint density at radius 2 is 0.872 bits per heavy atom. The first-order valence-corrected chi connectivity index (χ1v) is 14.9. The van der Waals surface area contributed by atoms with E-state index in [-0.39, 0.29) is 22.8 Å². The fourth-order valence-corrected chi connectivity index (χ4v) is 4.13. The van der Waals surface area contributed by atoms with Crippen LogP contribution in [0.15, 0.2) is 110 Å². The molecule has 10 heteroatoms. The molecule has 0 unspecified atom stereocenters. The molecule has 4 aromatic rings. The van der Waals surface area contributed by atoms with E-state index in [2.05, 4.69) is 6.58 Å². The molecule has 0 aliphatic carbocycles. The monoisotopic (exact) mass is 638 g/mol. The van der Waals surface area contributed by atoms with Gasteiger partial charge in [0.15, 0.2) is 0 Å². The predicted molar refractivity (Wildman–Crippen MR) is 172 cm³/mol. The van der Waals surface area contributed by atoms with Crippen molar-refractivity contribution in [2.24, 2.45) is 0 Å². The molecule has 47 heavy (non-hydrogen) atoms. The van der Waals surface area contributed by atoms with Gasteiger partial charge in [-0.05, 0) is 123 Å². The molecule has 0 N–H and O–H groups in total. The van der Waals surface area contributed by atoms with E-state index in [0.717, 1.165) is 31.8 Å². The number of carbonyl (C=O) groups excluding carboxylic acids is 4. The van der Waals surface area contributed by atoms with Gasteiger partial charge in [0, 0.05) is 6.08 Å². The highest BCUT2D eigenvalue weighted by molar-refractivity contribution is 5.93. The Balaban J connectivity index is 1.18. The highest BCUT2D eigenvalue weighted by atomic mass is 16.5. The third-order valence-corrected chi connectivity index (χ3v) is 6.68. The van der Waals surface area contributed by atoms with Crippen LogP contribution in [0.5, 0.6) is 28.7 Å². The molecule has 10 nitrogen and oxygen atoms in total. The van der Waals surface area contributed by atoms with E-state index in [0.29, 0.717) is 35.8 Å². The molecule has 242 valence electrons. The molecule has 0 saturated carbocycles. The third-order valence-electron chi connectivity index (χ3n) is 6.68. The van der Waals surface area contributed by atoms with Gasteiger partial charge in [-0.1, -0.05) is 6.58 Å². The summed E-state index contributed by atoms with van der Waals surface area (Å²) in [5.74, 6) is -0.0645. The van der Waals surface area contributed by atoms with Gasteiger partial charge in [-0.15, -0.1) is 0 Å². The first-order valence-electron chi connectivity index (χ1n) is 14.9. The van der Waals surface area contributed by atoms with Gasteiger partial charge in [0.25, 0.3) is 0 Å². The summed E-state index contributed by atoms with van der Waals surface area (Å²) >= 11 is 0. The summed E-state index contributed by atoms with van der Waals surface area (Å²) in [6.45, 7) is 4.26. The lowest BCUT2D eigenvalue weighted by Crippen LogP contribution is -2.10.